The van der Waals surface area contributed by atoms with Crippen molar-refractivity contribution < 1.29 is 0 Å². The molecule has 21 heavy (non-hydrogen) atoms. The lowest BCUT2D eigenvalue weighted by molar-refractivity contribution is 1.03. The molecule has 3 aromatic rings. The van der Waals surface area contributed by atoms with Crippen LogP contribution in [-0.2, 0) is 0 Å². The fraction of sp³-hybridized carbons (Fsp3) is 0.0500. The second kappa shape index (κ2) is 5.02. The highest BCUT2D eigenvalue weighted by molar-refractivity contribution is 5.93. The number of benzene rings is 2. The number of aromatic nitrogens is 1. The molecule has 0 bridgehead atoms. The number of hydrogen-bond donors (Lipinski definition) is 0. The topological polar surface area (TPSA) is 12.9 Å². The van der Waals surface area contributed by atoms with Crippen molar-refractivity contribution >= 4 is 10.9 Å². The van der Waals surface area contributed by atoms with E-state index in [0.717, 1.165) is 11.2 Å². The normalized spacial score (nSPS) is 14.1. The number of para-hydroxylation sites is 1. The van der Waals surface area contributed by atoms with Gasteiger partial charge in [-0.15, -0.1) is 0 Å². The van der Waals surface area contributed by atoms with Crippen LogP contribution in [0.5, 0.6) is 0 Å². The van der Waals surface area contributed by atoms with Crippen LogP contribution in [0.2, 0.25) is 0 Å². The van der Waals surface area contributed by atoms with E-state index in [2.05, 4.69) is 78.9 Å². The van der Waals surface area contributed by atoms with Gasteiger partial charge in [0.2, 0.25) is 0 Å². The van der Waals surface area contributed by atoms with Gasteiger partial charge in [0.25, 0.3) is 0 Å². The molecule has 1 heterocycles. The number of nitrogens with zero attached hydrogens (tertiary/aromatic N) is 1. The standard InChI is InChI=1S/C20H15N/c1-2-7-15(8-3-1)18-12-6-11-17-13-14-19(21-20(17)18)16-9-4-5-10-16/h1-14,16H. The molecule has 0 amide bonds. The van der Waals surface area contributed by atoms with Gasteiger partial charge >= 0.3 is 0 Å². The van der Waals surface area contributed by atoms with Crippen molar-refractivity contribution in [1.29, 1.82) is 0 Å². The van der Waals surface area contributed by atoms with E-state index in [4.69, 9.17) is 4.98 Å². The Kier molecular flexibility index (Phi) is 2.89. The third-order valence-corrected chi connectivity index (χ3v) is 3.92. The molecule has 1 heteroatoms. The number of hydrogen-bond acceptors (Lipinski definition) is 1. The lowest BCUT2D eigenvalue weighted by Crippen LogP contribution is -1.95. The number of allylic oxidation sites excluding steroid dienone is 4. The van der Waals surface area contributed by atoms with E-state index in [1.807, 2.05) is 6.07 Å². The summed E-state index contributed by atoms with van der Waals surface area (Å²) in [4.78, 5) is 4.93. The zero-order valence-corrected chi connectivity index (χ0v) is 11.6. The van der Waals surface area contributed by atoms with E-state index in [1.165, 1.54) is 16.5 Å². The molecule has 0 atom stereocenters. The number of fused-ring (bicyclic) bond motifs is 1. The number of pyridine rings is 1. The van der Waals surface area contributed by atoms with Crippen LogP contribution in [0.1, 0.15) is 11.6 Å². The van der Waals surface area contributed by atoms with Gasteiger partial charge in [-0.05, 0) is 11.6 Å². The second-order valence-electron chi connectivity index (χ2n) is 5.28. The molecule has 0 saturated carbocycles. The molecule has 1 nitrogen and oxygen atoms in total. The Morgan fingerprint density at radius 3 is 2.33 bits per heavy atom. The van der Waals surface area contributed by atoms with E-state index < -0.39 is 0 Å². The third kappa shape index (κ3) is 2.17. The van der Waals surface area contributed by atoms with Gasteiger partial charge in [0, 0.05) is 16.9 Å². The maximum Gasteiger partial charge on any atom is 0.0784 e. The van der Waals surface area contributed by atoms with E-state index in [-0.39, 0.29) is 0 Å². The smallest absolute Gasteiger partial charge is 0.0784 e. The van der Waals surface area contributed by atoms with Gasteiger partial charge in [0.1, 0.15) is 0 Å². The highest BCUT2D eigenvalue weighted by Gasteiger charge is 2.11. The molecule has 0 fully saturated rings. The molecule has 1 aromatic heterocycles. The summed E-state index contributed by atoms with van der Waals surface area (Å²) >= 11 is 0. The van der Waals surface area contributed by atoms with Crippen LogP contribution >= 0.6 is 0 Å². The maximum atomic E-state index is 4.93. The molecule has 0 unspecified atom stereocenters. The number of rotatable bonds is 2. The van der Waals surface area contributed by atoms with Crippen LogP contribution in [0.4, 0.5) is 0 Å². The van der Waals surface area contributed by atoms with Gasteiger partial charge in [-0.2, -0.15) is 0 Å². The summed E-state index contributed by atoms with van der Waals surface area (Å²) in [5.74, 6) is 0.304. The van der Waals surface area contributed by atoms with Crippen LogP contribution in [0, 0.1) is 0 Å². The Morgan fingerprint density at radius 1 is 0.714 bits per heavy atom. The Bertz CT molecular complexity index is 832. The SMILES string of the molecule is C1=CC(c2ccc3cccc(-c4ccccc4)c3n2)C=C1. The molecule has 1 aliphatic rings. The van der Waals surface area contributed by atoms with Crippen molar-refractivity contribution in [2.45, 2.75) is 5.92 Å². The average molecular weight is 269 g/mol. The van der Waals surface area contributed by atoms with Gasteiger partial charge in [0.05, 0.1) is 11.2 Å². The van der Waals surface area contributed by atoms with Crippen molar-refractivity contribution in [3.05, 3.63) is 90.7 Å². The van der Waals surface area contributed by atoms with Crippen LogP contribution < -0.4 is 0 Å². The van der Waals surface area contributed by atoms with Crippen molar-refractivity contribution in [2.24, 2.45) is 0 Å². The van der Waals surface area contributed by atoms with Gasteiger partial charge in [0.15, 0.2) is 0 Å². The Balaban J connectivity index is 1.93. The minimum Gasteiger partial charge on any atom is -0.251 e. The van der Waals surface area contributed by atoms with Gasteiger partial charge < -0.3 is 0 Å². The summed E-state index contributed by atoms with van der Waals surface area (Å²) < 4.78 is 0. The predicted molar refractivity (Wildman–Crippen MR) is 88.2 cm³/mol. The highest BCUT2D eigenvalue weighted by Crippen LogP contribution is 2.29. The van der Waals surface area contributed by atoms with Crippen LogP contribution in [0.15, 0.2) is 85.0 Å². The predicted octanol–water partition coefficient (Wildman–Crippen LogP) is 5.11. The molecule has 4 rings (SSSR count). The average Bonchev–Trinajstić information content (AvgIpc) is 3.09. The third-order valence-electron chi connectivity index (χ3n) is 3.92. The van der Waals surface area contributed by atoms with Crippen molar-refractivity contribution in [3.8, 4) is 11.1 Å². The molecule has 0 N–H and O–H groups in total. The van der Waals surface area contributed by atoms with Crippen molar-refractivity contribution in [2.75, 3.05) is 0 Å². The minimum atomic E-state index is 0.304. The summed E-state index contributed by atoms with van der Waals surface area (Å²) in [6, 6.07) is 21.1. The molecule has 0 saturated heterocycles. The summed E-state index contributed by atoms with van der Waals surface area (Å²) in [6.07, 6.45) is 8.53. The molecular weight excluding hydrogens is 254 g/mol. The van der Waals surface area contributed by atoms with Gasteiger partial charge in [-0.1, -0.05) is 78.9 Å². The lowest BCUT2D eigenvalue weighted by Gasteiger charge is -2.10. The van der Waals surface area contributed by atoms with Crippen LogP contribution in [0.25, 0.3) is 22.0 Å². The Labute approximate surface area is 124 Å². The lowest BCUT2D eigenvalue weighted by atomic mass is 10.00. The maximum absolute atomic E-state index is 4.93. The molecule has 2 aromatic carbocycles. The van der Waals surface area contributed by atoms with Crippen LogP contribution in [0.3, 0.4) is 0 Å². The van der Waals surface area contributed by atoms with E-state index in [1.54, 1.807) is 0 Å². The Hall–Kier alpha value is -2.67. The second-order valence-corrected chi connectivity index (χ2v) is 5.28. The molecule has 0 spiro atoms. The quantitative estimate of drug-likeness (QED) is 0.630. The first-order chi connectivity index (χ1) is 10.4. The summed E-state index contributed by atoms with van der Waals surface area (Å²) in [5, 5.41) is 1.19. The molecule has 0 radical (unpaired) electrons. The van der Waals surface area contributed by atoms with E-state index >= 15 is 0 Å². The Morgan fingerprint density at radius 2 is 1.52 bits per heavy atom. The zero-order chi connectivity index (χ0) is 14.1. The highest BCUT2D eigenvalue weighted by atomic mass is 14.7. The molecule has 1 aliphatic carbocycles. The monoisotopic (exact) mass is 269 g/mol. The minimum absolute atomic E-state index is 0.304. The first-order valence-electron chi connectivity index (χ1n) is 7.22. The first kappa shape index (κ1) is 12.1. The molecule has 100 valence electrons. The van der Waals surface area contributed by atoms with Crippen molar-refractivity contribution in [1.82, 2.24) is 4.98 Å². The zero-order valence-electron chi connectivity index (χ0n) is 11.6. The fourth-order valence-corrected chi connectivity index (χ4v) is 2.83. The van der Waals surface area contributed by atoms with Gasteiger partial charge in [-0.3, -0.25) is 4.98 Å². The summed E-state index contributed by atoms with van der Waals surface area (Å²) in [7, 11) is 0. The fourth-order valence-electron chi connectivity index (χ4n) is 2.83. The van der Waals surface area contributed by atoms with E-state index in [0.29, 0.717) is 5.92 Å². The molecular formula is C20H15N. The van der Waals surface area contributed by atoms with E-state index in [9.17, 15) is 0 Å². The van der Waals surface area contributed by atoms with Crippen molar-refractivity contribution in [3.63, 3.8) is 0 Å². The molecule has 0 aliphatic heterocycles. The summed E-state index contributed by atoms with van der Waals surface area (Å²) in [6.45, 7) is 0. The first-order valence-corrected chi connectivity index (χ1v) is 7.22. The van der Waals surface area contributed by atoms with Crippen LogP contribution in [-0.4, -0.2) is 4.98 Å². The van der Waals surface area contributed by atoms with Gasteiger partial charge in [-0.25, -0.2) is 0 Å². The summed E-state index contributed by atoms with van der Waals surface area (Å²) in [5.41, 5.74) is 4.59. The largest absolute Gasteiger partial charge is 0.251 e.